The van der Waals surface area contributed by atoms with E-state index in [-0.39, 0.29) is 11.4 Å². The molecule has 1 amide bonds. The van der Waals surface area contributed by atoms with Crippen molar-refractivity contribution in [3.05, 3.63) is 27.7 Å². The summed E-state index contributed by atoms with van der Waals surface area (Å²) in [6.45, 7) is 1.65. The van der Waals surface area contributed by atoms with Gasteiger partial charge in [0.25, 0.3) is 11.5 Å². The van der Waals surface area contributed by atoms with Gasteiger partial charge >= 0.3 is 0 Å². The second-order valence-corrected chi connectivity index (χ2v) is 2.48. The summed E-state index contributed by atoms with van der Waals surface area (Å²) in [5.41, 5.74) is 10.5. The molecule has 5 nitrogen and oxygen atoms in total. The quantitative estimate of drug-likeness (QED) is 0.518. The summed E-state index contributed by atoms with van der Waals surface area (Å²) in [5, 5.41) is 0. The van der Waals surface area contributed by atoms with E-state index in [1.165, 1.54) is 6.07 Å². The maximum atomic E-state index is 10.9. The molecule has 0 fully saturated rings. The summed E-state index contributed by atoms with van der Waals surface area (Å²) in [7, 11) is 0. The highest BCUT2D eigenvalue weighted by molar-refractivity contribution is 5.92. The van der Waals surface area contributed by atoms with Crippen molar-refractivity contribution in [1.82, 2.24) is 4.98 Å². The van der Waals surface area contributed by atoms with Crippen LogP contribution in [0.3, 0.4) is 0 Å². The number of carbonyl (C=O) groups excluding carboxylic acids is 1. The Balaban J connectivity index is 3.43. The fourth-order valence-corrected chi connectivity index (χ4v) is 0.911. The van der Waals surface area contributed by atoms with Crippen molar-refractivity contribution in [2.75, 3.05) is 5.73 Å². The van der Waals surface area contributed by atoms with Crippen LogP contribution in [-0.4, -0.2) is 10.9 Å². The molecule has 1 heterocycles. The number of hydrogen-bond acceptors (Lipinski definition) is 3. The normalized spacial score (nSPS) is 9.75. The average molecular weight is 167 g/mol. The third-order valence-electron chi connectivity index (χ3n) is 1.51. The van der Waals surface area contributed by atoms with Crippen LogP contribution in [0.25, 0.3) is 0 Å². The van der Waals surface area contributed by atoms with Crippen molar-refractivity contribution in [3.63, 3.8) is 0 Å². The minimum absolute atomic E-state index is 0.0810. The highest BCUT2D eigenvalue weighted by Crippen LogP contribution is 2.03. The predicted molar refractivity (Wildman–Crippen MR) is 44.7 cm³/mol. The molecule has 1 aromatic rings. The van der Waals surface area contributed by atoms with Gasteiger partial charge in [-0.1, -0.05) is 0 Å². The lowest BCUT2D eigenvalue weighted by molar-refractivity contribution is 0.0995. The second kappa shape index (κ2) is 2.69. The molecule has 0 saturated carbocycles. The summed E-state index contributed by atoms with van der Waals surface area (Å²) >= 11 is 0. The highest BCUT2D eigenvalue weighted by Gasteiger charge is 2.06. The van der Waals surface area contributed by atoms with E-state index in [9.17, 15) is 9.59 Å². The number of nitrogens with one attached hydrogen (secondary N) is 1. The first-order valence-electron chi connectivity index (χ1n) is 3.31. The van der Waals surface area contributed by atoms with Gasteiger partial charge in [-0.05, 0) is 18.6 Å². The number of aromatic nitrogens is 1. The molecule has 0 aliphatic rings. The Bertz CT molecular complexity index is 381. The first-order chi connectivity index (χ1) is 5.52. The smallest absolute Gasteiger partial charge is 0.271 e. The second-order valence-electron chi connectivity index (χ2n) is 2.48. The minimum Gasteiger partial charge on any atom is -0.394 e. The van der Waals surface area contributed by atoms with E-state index in [2.05, 4.69) is 4.98 Å². The molecular weight excluding hydrogens is 158 g/mol. The molecule has 12 heavy (non-hydrogen) atoms. The molecule has 0 aliphatic carbocycles. The molecular formula is C7H9N3O2. The van der Waals surface area contributed by atoms with Crippen molar-refractivity contribution in [3.8, 4) is 0 Å². The fraction of sp³-hybridized carbons (Fsp3) is 0.143. The van der Waals surface area contributed by atoms with Gasteiger partial charge in [0, 0.05) is 0 Å². The van der Waals surface area contributed by atoms with E-state index in [4.69, 9.17) is 11.5 Å². The molecule has 0 atom stereocenters. The van der Waals surface area contributed by atoms with Crippen LogP contribution in [-0.2, 0) is 0 Å². The average Bonchev–Trinajstić information content (AvgIpc) is 1.96. The molecule has 5 N–H and O–H groups in total. The number of nitrogens with two attached hydrogens (primary N) is 2. The number of carbonyl (C=O) groups is 1. The van der Waals surface area contributed by atoms with Crippen LogP contribution in [0.4, 0.5) is 5.69 Å². The number of primary amides is 1. The maximum Gasteiger partial charge on any atom is 0.271 e. The zero-order valence-electron chi connectivity index (χ0n) is 6.55. The lowest BCUT2D eigenvalue weighted by Gasteiger charge is -2.00. The van der Waals surface area contributed by atoms with Crippen LogP contribution in [0.5, 0.6) is 0 Å². The number of rotatable bonds is 1. The Kier molecular flexibility index (Phi) is 1.86. The number of aromatic amines is 1. The Morgan fingerprint density at radius 1 is 1.58 bits per heavy atom. The third-order valence-corrected chi connectivity index (χ3v) is 1.51. The van der Waals surface area contributed by atoms with Crippen LogP contribution in [0.15, 0.2) is 10.9 Å². The Morgan fingerprint density at radius 2 is 2.17 bits per heavy atom. The van der Waals surface area contributed by atoms with Crippen molar-refractivity contribution >= 4 is 11.6 Å². The van der Waals surface area contributed by atoms with Gasteiger partial charge in [-0.25, -0.2) is 0 Å². The summed E-state index contributed by atoms with van der Waals surface area (Å²) < 4.78 is 0. The first-order valence-corrected chi connectivity index (χ1v) is 3.31. The summed E-state index contributed by atoms with van der Waals surface area (Å²) in [6.07, 6.45) is 0. The number of nitrogen functional groups attached to an aromatic ring is 1. The lowest BCUT2D eigenvalue weighted by Crippen LogP contribution is -2.22. The molecule has 5 heteroatoms. The molecule has 0 radical (unpaired) electrons. The van der Waals surface area contributed by atoms with Crippen molar-refractivity contribution in [2.45, 2.75) is 6.92 Å². The molecule has 0 aromatic carbocycles. The van der Waals surface area contributed by atoms with Gasteiger partial charge in [0.05, 0.1) is 5.69 Å². The van der Waals surface area contributed by atoms with E-state index in [1.54, 1.807) is 6.92 Å². The number of H-pyrrole nitrogens is 1. The molecule has 0 unspecified atom stereocenters. The Morgan fingerprint density at radius 3 is 2.67 bits per heavy atom. The van der Waals surface area contributed by atoms with Crippen molar-refractivity contribution < 1.29 is 4.79 Å². The van der Waals surface area contributed by atoms with Gasteiger partial charge in [-0.2, -0.15) is 0 Å². The molecule has 1 aromatic heterocycles. The summed E-state index contributed by atoms with van der Waals surface area (Å²) in [4.78, 5) is 23.9. The molecule has 1 rings (SSSR count). The topological polar surface area (TPSA) is 102 Å². The molecule has 0 spiro atoms. The van der Waals surface area contributed by atoms with E-state index in [1.807, 2.05) is 0 Å². The summed E-state index contributed by atoms with van der Waals surface area (Å²) in [5.74, 6) is -0.662. The van der Waals surface area contributed by atoms with Gasteiger partial charge < -0.3 is 16.5 Å². The molecule has 64 valence electrons. The van der Waals surface area contributed by atoms with Crippen LogP contribution in [0.2, 0.25) is 0 Å². The Labute approximate surface area is 68.4 Å². The number of hydrogen-bond donors (Lipinski definition) is 3. The standard InChI is InChI=1S/C7H9N3O2/c1-3-2-4(8)7(12)10-5(3)6(9)11/h2H,8H2,1H3,(H2,9,11)(H,10,12). The fourth-order valence-electron chi connectivity index (χ4n) is 0.911. The SMILES string of the molecule is Cc1cc(N)c(=O)[nH]c1C(N)=O. The largest absolute Gasteiger partial charge is 0.394 e. The molecule has 0 aliphatic heterocycles. The molecule has 0 saturated heterocycles. The monoisotopic (exact) mass is 167 g/mol. The third kappa shape index (κ3) is 1.29. The van der Waals surface area contributed by atoms with Crippen LogP contribution in [0, 0.1) is 6.92 Å². The number of anilines is 1. The predicted octanol–water partition coefficient (Wildman–Crippen LogP) is -0.636. The van der Waals surface area contributed by atoms with E-state index in [0.717, 1.165) is 0 Å². The Hall–Kier alpha value is -1.78. The van der Waals surface area contributed by atoms with Crippen LogP contribution in [0.1, 0.15) is 16.1 Å². The minimum atomic E-state index is -0.662. The number of amides is 1. The van der Waals surface area contributed by atoms with Crippen LogP contribution >= 0.6 is 0 Å². The zero-order chi connectivity index (χ0) is 9.30. The van der Waals surface area contributed by atoms with Gasteiger partial charge in [0.2, 0.25) is 0 Å². The maximum absolute atomic E-state index is 10.9. The first kappa shape index (κ1) is 8.32. The van der Waals surface area contributed by atoms with Gasteiger partial charge in [0.15, 0.2) is 0 Å². The van der Waals surface area contributed by atoms with Gasteiger partial charge in [-0.3, -0.25) is 9.59 Å². The highest BCUT2D eigenvalue weighted by atomic mass is 16.1. The van der Waals surface area contributed by atoms with Gasteiger partial charge in [-0.15, -0.1) is 0 Å². The van der Waals surface area contributed by atoms with Gasteiger partial charge in [0.1, 0.15) is 5.69 Å². The number of aryl methyl sites for hydroxylation is 1. The van der Waals surface area contributed by atoms with E-state index < -0.39 is 11.5 Å². The zero-order valence-corrected chi connectivity index (χ0v) is 6.55. The van der Waals surface area contributed by atoms with Crippen molar-refractivity contribution in [2.24, 2.45) is 5.73 Å². The van der Waals surface area contributed by atoms with Crippen LogP contribution < -0.4 is 17.0 Å². The summed E-state index contributed by atoms with van der Waals surface area (Å²) in [6, 6.07) is 1.42. The van der Waals surface area contributed by atoms with E-state index in [0.29, 0.717) is 5.56 Å². The van der Waals surface area contributed by atoms with Crippen molar-refractivity contribution in [1.29, 1.82) is 0 Å². The molecule has 0 bridgehead atoms. The number of pyridine rings is 1. The lowest BCUT2D eigenvalue weighted by atomic mass is 10.2. The van der Waals surface area contributed by atoms with E-state index >= 15 is 0 Å².